The van der Waals surface area contributed by atoms with Gasteiger partial charge >= 0.3 is 7.12 Å². The van der Waals surface area contributed by atoms with Gasteiger partial charge in [-0.15, -0.1) is 0 Å². The number of hydrogen-bond acceptors (Lipinski definition) is 3. The van der Waals surface area contributed by atoms with Crippen LogP contribution < -0.4 is 0 Å². The van der Waals surface area contributed by atoms with Crippen molar-refractivity contribution in [3.8, 4) is 0 Å². The minimum absolute atomic E-state index is 0.0239. The summed E-state index contributed by atoms with van der Waals surface area (Å²) in [5, 5.41) is 0. The summed E-state index contributed by atoms with van der Waals surface area (Å²) in [4.78, 5) is 0. The van der Waals surface area contributed by atoms with Gasteiger partial charge in [-0.05, 0) is 49.4 Å². The smallest absolute Gasteiger partial charge is 0.404 e. The zero-order valence-electron chi connectivity index (χ0n) is 20.0. The van der Waals surface area contributed by atoms with Gasteiger partial charge in [0.15, 0.2) is 0 Å². The number of hydrogen-bond donors (Lipinski definition) is 0. The standard InChI is InChI=1S/C22H44BNO2Si2/c1-21(2)17-14-18(21)22(3)19(15-17)25-23(26-22)20(13-16-11-10-12-16)24(27(4,5)6)28(7,8)9/h16-20H,10-15H2,1-9H3/t17?,18-,19?,20-,22-/m0/s1. The molecule has 0 amide bonds. The lowest BCUT2D eigenvalue weighted by Gasteiger charge is -2.64. The highest BCUT2D eigenvalue weighted by atomic mass is 28.4. The molecule has 0 radical (unpaired) electrons. The summed E-state index contributed by atoms with van der Waals surface area (Å²) < 4.78 is 16.9. The molecule has 4 aliphatic carbocycles. The topological polar surface area (TPSA) is 21.7 Å². The summed E-state index contributed by atoms with van der Waals surface area (Å²) in [6, 6.07) is 0. The maximum Gasteiger partial charge on any atom is 0.474 e. The molecular formula is C22H44BNO2Si2. The highest BCUT2D eigenvalue weighted by Gasteiger charge is 2.69. The van der Waals surface area contributed by atoms with E-state index in [1.54, 1.807) is 0 Å². The van der Waals surface area contributed by atoms with Crippen molar-refractivity contribution in [3.63, 3.8) is 0 Å². The van der Waals surface area contributed by atoms with Gasteiger partial charge in [0.2, 0.25) is 0 Å². The summed E-state index contributed by atoms with van der Waals surface area (Å²) in [5.74, 6) is 2.82. The van der Waals surface area contributed by atoms with Crippen LogP contribution in [0.5, 0.6) is 0 Å². The van der Waals surface area contributed by atoms with Crippen LogP contribution in [0.2, 0.25) is 39.3 Å². The largest absolute Gasteiger partial charge is 0.474 e. The third-order valence-electron chi connectivity index (χ3n) is 8.86. The van der Waals surface area contributed by atoms with Crippen LogP contribution in [-0.2, 0) is 9.31 Å². The molecule has 0 N–H and O–H groups in total. The Bertz CT molecular complexity index is 599. The van der Waals surface area contributed by atoms with Crippen molar-refractivity contribution in [2.75, 3.05) is 0 Å². The first kappa shape index (κ1) is 21.6. The van der Waals surface area contributed by atoms with E-state index in [1.807, 2.05) is 0 Å². The van der Waals surface area contributed by atoms with Crippen LogP contribution in [0.25, 0.3) is 0 Å². The minimum Gasteiger partial charge on any atom is -0.404 e. The second-order valence-corrected chi connectivity index (χ2v) is 23.2. The molecule has 2 bridgehead atoms. The van der Waals surface area contributed by atoms with Gasteiger partial charge in [-0.2, -0.15) is 0 Å². The quantitative estimate of drug-likeness (QED) is 0.507. The molecule has 0 aromatic carbocycles. The molecule has 5 fully saturated rings. The zero-order chi connectivity index (χ0) is 20.7. The Morgan fingerprint density at radius 1 is 1.00 bits per heavy atom. The van der Waals surface area contributed by atoms with Crippen molar-refractivity contribution in [2.45, 2.75) is 116 Å². The lowest BCUT2D eigenvalue weighted by molar-refractivity contribution is -0.199. The van der Waals surface area contributed by atoms with Crippen molar-refractivity contribution >= 4 is 23.6 Å². The molecule has 0 aromatic heterocycles. The molecule has 5 atom stereocenters. The average Bonchev–Trinajstić information content (AvgIpc) is 2.83. The first-order valence-corrected chi connectivity index (χ1v) is 18.8. The third-order valence-corrected chi connectivity index (χ3v) is 16.4. The van der Waals surface area contributed by atoms with Crippen LogP contribution in [0.3, 0.4) is 0 Å². The van der Waals surface area contributed by atoms with Crippen LogP contribution >= 0.6 is 0 Å². The molecule has 4 saturated carbocycles. The highest BCUT2D eigenvalue weighted by molar-refractivity contribution is 6.90. The van der Waals surface area contributed by atoms with Crippen molar-refractivity contribution in [1.29, 1.82) is 0 Å². The zero-order valence-corrected chi connectivity index (χ0v) is 22.0. The van der Waals surface area contributed by atoms with Crippen LogP contribution in [0.1, 0.15) is 59.3 Å². The Labute approximate surface area is 176 Å². The normalized spacial score (nSPS) is 38.8. The molecule has 6 heteroatoms. The van der Waals surface area contributed by atoms with E-state index in [2.05, 4.69) is 64.3 Å². The highest BCUT2D eigenvalue weighted by Crippen LogP contribution is 2.66. The van der Waals surface area contributed by atoms with E-state index in [4.69, 9.17) is 9.31 Å². The summed E-state index contributed by atoms with van der Waals surface area (Å²) in [6.07, 6.45) is 8.37. The lowest BCUT2D eigenvalue weighted by Crippen LogP contribution is -2.68. The predicted octanol–water partition coefficient (Wildman–Crippen LogP) is 5.78. The monoisotopic (exact) mass is 421 g/mol. The third kappa shape index (κ3) is 3.33. The second-order valence-electron chi connectivity index (χ2n) is 13.1. The summed E-state index contributed by atoms with van der Waals surface area (Å²) in [5.41, 5.74) is 0.343. The molecule has 5 rings (SSSR count). The molecule has 1 aliphatic heterocycles. The minimum atomic E-state index is -1.48. The Balaban J connectivity index is 1.62. The summed E-state index contributed by atoms with van der Waals surface area (Å²) >= 11 is 0. The van der Waals surface area contributed by atoms with Crippen molar-refractivity contribution < 1.29 is 9.31 Å². The maximum atomic E-state index is 7.02. The second kappa shape index (κ2) is 6.69. The first-order chi connectivity index (χ1) is 12.7. The van der Waals surface area contributed by atoms with Crippen LogP contribution in [0, 0.1) is 23.2 Å². The van der Waals surface area contributed by atoms with Crippen molar-refractivity contribution in [1.82, 2.24) is 4.23 Å². The SMILES string of the molecule is CC1(C)C2CC3OB([C@H](CC4CCC4)N([Si](C)(C)C)[Si](C)(C)C)O[C@@]3(C)[C@H]1C2. The van der Waals surface area contributed by atoms with E-state index in [-0.39, 0.29) is 12.7 Å². The fourth-order valence-corrected chi connectivity index (χ4v) is 18.0. The maximum absolute atomic E-state index is 7.02. The lowest BCUT2D eigenvalue weighted by atomic mass is 9.43. The van der Waals surface area contributed by atoms with E-state index in [0.717, 1.165) is 11.8 Å². The first-order valence-electron chi connectivity index (χ1n) is 11.9. The van der Waals surface area contributed by atoms with Crippen molar-refractivity contribution in [2.24, 2.45) is 23.2 Å². The van der Waals surface area contributed by atoms with Gasteiger partial charge in [-0.25, -0.2) is 0 Å². The van der Waals surface area contributed by atoms with Gasteiger partial charge in [0.25, 0.3) is 0 Å². The fourth-order valence-electron chi connectivity index (χ4n) is 7.47. The van der Waals surface area contributed by atoms with Crippen LogP contribution in [0.15, 0.2) is 0 Å². The van der Waals surface area contributed by atoms with Gasteiger partial charge < -0.3 is 13.5 Å². The molecular weight excluding hydrogens is 377 g/mol. The Morgan fingerprint density at radius 3 is 2.07 bits per heavy atom. The number of nitrogens with zero attached hydrogens (tertiary/aromatic N) is 1. The molecule has 3 nitrogen and oxygen atoms in total. The summed E-state index contributed by atoms with van der Waals surface area (Å²) in [7, 11) is -2.99. The molecule has 5 aliphatic rings. The Morgan fingerprint density at radius 2 is 1.61 bits per heavy atom. The number of rotatable bonds is 6. The van der Waals surface area contributed by atoms with E-state index in [9.17, 15) is 0 Å². The molecule has 2 unspecified atom stereocenters. The van der Waals surface area contributed by atoms with E-state index in [1.165, 1.54) is 38.5 Å². The molecule has 28 heavy (non-hydrogen) atoms. The molecule has 0 spiro atoms. The van der Waals surface area contributed by atoms with Gasteiger partial charge in [-0.3, -0.25) is 0 Å². The molecule has 0 aromatic rings. The van der Waals surface area contributed by atoms with E-state index < -0.39 is 16.5 Å². The van der Waals surface area contributed by atoms with Crippen molar-refractivity contribution in [3.05, 3.63) is 0 Å². The van der Waals surface area contributed by atoms with Gasteiger partial charge in [0, 0.05) is 5.94 Å². The van der Waals surface area contributed by atoms with Crippen LogP contribution in [0.4, 0.5) is 0 Å². The van der Waals surface area contributed by atoms with E-state index >= 15 is 0 Å². The summed E-state index contributed by atoms with van der Waals surface area (Å²) in [6.45, 7) is 22.5. The van der Waals surface area contributed by atoms with Gasteiger partial charge in [0.05, 0.1) is 11.7 Å². The Kier molecular flexibility index (Phi) is 5.16. The molecule has 1 heterocycles. The Hall–Kier alpha value is 0.379. The fraction of sp³-hybridized carbons (Fsp3) is 1.00. The van der Waals surface area contributed by atoms with Crippen LogP contribution in [-0.4, -0.2) is 45.5 Å². The molecule has 160 valence electrons. The predicted molar refractivity (Wildman–Crippen MR) is 124 cm³/mol. The molecule has 1 saturated heterocycles. The average molecular weight is 422 g/mol. The van der Waals surface area contributed by atoms with Gasteiger partial charge in [-0.1, -0.05) is 72.4 Å². The van der Waals surface area contributed by atoms with Gasteiger partial charge in [0.1, 0.15) is 16.5 Å². The van der Waals surface area contributed by atoms with E-state index in [0.29, 0.717) is 23.4 Å².